The standard InChI is InChI=1S/C19H20N4O/c1-2-5-14(6-3-1)19(23-24-16-7-4-9-20-12-16)17-11-15-8-10-21-13-18(15)22-17/h1-3,5-6,8,10-11,13,16,20,22H,4,7,9,12H2. The fourth-order valence-corrected chi connectivity index (χ4v) is 2.99. The lowest BCUT2D eigenvalue weighted by Crippen LogP contribution is -2.34. The third-order valence-corrected chi connectivity index (χ3v) is 4.27. The summed E-state index contributed by atoms with van der Waals surface area (Å²) in [6, 6.07) is 14.2. The van der Waals surface area contributed by atoms with E-state index < -0.39 is 0 Å². The maximum absolute atomic E-state index is 5.84. The van der Waals surface area contributed by atoms with Crippen molar-refractivity contribution in [2.24, 2.45) is 5.16 Å². The molecule has 1 aliphatic rings. The fourth-order valence-electron chi connectivity index (χ4n) is 2.99. The number of aromatic nitrogens is 2. The first kappa shape index (κ1) is 14.9. The molecule has 1 saturated heterocycles. The van der Waals surface area contributed by atoms with E-state index in [4.69, 9.17) is 4.84 Å². The van der Waals surface area contributed by atoms with Crippen molar-refractivity contribution >= 4 is 16.6 Å². The molecule has 1 fully saturated rings. The third-order valence-electron chi connectivity index (χ3n) is 4.27. The van der Waals surface area contributed by atoms with Crippen LogP contribution < -0.4 is 5.32 Å². The second-order valence-corrected chi connectivity index (χ2v) is 6.03. The van der Waals surface area contributed by atoms with Crippen LogP contribution in [-0.2, 0) is 4.84 Å². The summed E-state index contributed by atoms with van der Waals surface area (Å²) in [5.41, 5.74) is 3.78. The highest BCUT2D eigenvalue weighted by Crippen LogP contribution is 2.18. The van der Waals surface area contributed by atoms with Crippen LogP contribution in [0, 0.1) is 0 Å². The first-order valence-electron chi connectivity index (χ1n) is 8.33. The van der Waals surface area contributed by atoms with Crippen LogP contribution >= 0.6 is 0 Å². The van der Waals surface area contributed by atoms with Gasteiger partial charge in [0.2, 0.25) is 0 Å². The molecule has 0 radical (unpaired) electrons. The van der Waals surface area contributed by atoms with Gasteiger partial charge in [0, 0.05) is 23.7 Å². The quantitative estimate of drug-likeness (QED) is 0.573. The molecular formula is C19H20N4O. The molecule has 3 heterocycles. The van der Waals surface area contributed by atoms with Crippen molar-refractivity contribution in [3.8, 4) is 0 Å². The Morgan fingerprint density at radius 2 is 2.12 bits per heavy atom. The van der Waals surface area contributed by atoms with Crippen LogP contribution in [0.25, 0.3) is 10.9 Å². The molecule has 4 rings (SSSR count). The molecule has 5 heteroatoms. The number of nitrogens with one attached hydrogen (secondary N) is 2. The van der Waals surface area contributed by atoms with Gasteiger partial charge in [-0.3, -0.25) is 4.98 Å². The number of piperidine rings is 1. The monoisotopic (exact) mass is 320 g/mol. The Bertz CT molecular complexity index is 802. The highest BCUT2D eigenvalue weighted by molar-refractivity contribution is 6.13. The predicted octanol–water partition coefficient (Wildman–Crippen LogP) is 3.08. The lowest BCUT2D eigenvalue weighted by Gasteiger charge is -2.21. The number of benzene rings is 1. The Balaban J connectivity index is 1.69. The molecule has 122 valence electrons. The number of rotatable bonds is 4. The Morgan fingerprint density at radius 3 is 2.92 bits per heavy atom. The highest BCUT2D eigenvalue weighted by Gasteiger charge is 2.16. The smallest absolute Gasteiger partial charge is 0.140 e. The highest BCUT2D eigenvalue weighted by atomic mass is 16.6. The molecule has 0 amide bonds. The van der Waals surface area contributed by atoms with Crippen LogP contribution in [0.5, 0.6) is 0 Å². The van der Waals surface area contributed by atoms with Gasteiger partial charge in [-0.25, -0.2) is 0 Å². The van der Waals surface area contributed by atoms with E-state index in [1.54, 1.807) is 6.20 Å². The summed E-state index contributed by atoms with van der Waals surface area (Å²) in [5.74, 6) is 0. The summed E-state index contributed by atoms with van der Waals surface area (Å²) in [6.45, 7) is 1.91. The van der Waals surface area contributed by atoms with E-state index >= 15 is 0 Å². The predicted molar refractivity (Wildman–Crippen MR) is 95.2 cm³/mol. The minimum Gasteiger partial charge on any atom is -0.391 e. The van der Waals surface area contributed by atoms with Gasteiger partial charge >= 0.3 is 0 Å². The second kappa shape index (κ2) is 6.84. The minimum atomic E-state index is 0.128. The third kappa shape index (κ3) is 3.16. The summed E-state index contributed by atoms with van der Waals surface area (Å²) < 4.78 is 0. The molecular weight excluding hydrogens is 300 g/mol. The molecule has 0 saturated carbocycles. The number of H-pyrrole nitrogens is 1. The molecule has 0 aliphatic carbocycles. The fraction of sp³-hybridized carbons (Fsp3) is 0.263. The van der Waals surface area contributed by atoms with Gasteiger partial charge in [-0.1, -0.05) is 35.5 Å². The number of pyridine rings is 1. The number of fused-ring (bicyclic) bond motifs is 1. The van der Waals surface area contributed by atoms with E-state index in [2.05, 4.69) is 26.5 Å². The van der Waals surface area contributed by atoms with Gasteiger partial charge in [0.25, 0.3) is 0 Å². The minimum absolute atomic E-state index is 0.128. The topological polar surface area (TPSA) is 62.3 Å². The molecule has 3 aromatic rings. The van der Waals surface area contributed by atoms with Crippen molar-refractivity contribution in [1.82, 2.24) is 15.3 Å². The lowest BCUT2D eigenvalue weighted by atomic mass is 10.1. The zero-order valence-corrected chi connectivity index (χ0v) is 13.4. The molecule has 0 bridgehead atoms. The molecule has 1 atom stereocenters. The van der Waals surface area contributed by atoms with Crippen LogP contribution in [0.15, 0.2) is 60.0 Å². The summed E-state index contributed by atoms with van der Waals surface area (Å²) in [7, 11) is 0. The Hall–Kier alpha value is -2.66. The van der Waals surface area contributed by atoms with Gasteiger partial charge in [0.1, 0.15) is 11.8 Å². The van der Waals surface area contributed by atoms with Gasteiger partial charge in [-0.15, -0.1) is 0 Å². The van der Waals surface area contributed by atoms with E-state index in [-0.39, 0.29) is 6.10 Å². The number of aromatic amines is 1. The molecule has 2 N–H and O–H groups in total. The summed E-state index contributed by atoms with van der Waals surface area (Å²) >= 11 is 0. The first-order chi connectivity index (χ1) is 11.9. The van der Waals surface area contributed by atoms with Crippen molar-refractivity contribution in [1.29, 1.82) is 0 Å². The normalized spacial score (nSPS) is 18.7. The van der Waals surface area contributed by atoms with E-state index in [1.165, 1.54) is 0 Å². The van der Waals surface area contributed by atoms with E-state index in [1.807, 2.05) is 42.6 Å². The van der Waals surface area contributed by atoms with Crippen LogP contribution in [0.4, 0.5) is 0 Å². The Morgan fingerprint density at radius 1 is 1.21 bits per heavy atom. The van der Waals surface area contributed by atoms with E-state index in [9.17, 15) is 0 Å². The van der Waals surface area contributed by atoms with Crippen molar-refractivity contribution < 1.29 is 4.84 Å². The van der Waals surface area contributed by atoms with Crippen molar-refractivity contribution in [3.05, 3.63) is 66.1 Å². The van der Waals surface area contributed by atoms with Gasteiger partial charge < -0.3 is 15.1 Å². The molecule has 0 spiro atoms. The van der Waals surface area contributed by atoms with Crippen LogP contribution in [0.1, 0.15) is 24.1 Å². The molecule has 24 heavy (non-hydrogen) atoms. The average molecular weight is 320 g/mol. The average Bonchev–Trinajstić information content (AvgIpc) is 3.07. The van der Waals surface area contributed by atoms with Crippen molar-refractivity contribution in [3.63, 3.8) is 0 Å². The molecule has 5 nitrogen and oxygen atoms in total. The van der Waals surface area contributed by atoms with Gasteiger partial charge in [0.05, 0.1) is 17.4 Å². The van der Waals surface area contributed by atoms with Gasteiger partial charge in [-0.2, -0.15) is 0 Å². The lowest BCUT2D eigenvalue weighted by molar-refractivity contribution is 0.0421. The molecule has 1 aromatic carbocycles. The van der Waals surface area contributed by atoms with E-state index in [0.717, 1.165) is 53.8 Å². The number of hydrogen-bond acceptors (Lipinski definition) is 4. The molecule has 1 unspecified atom stereocenters. The maximum Gasteiger partial charge on any atom is 0.140 e. The van der Waals surface area contributed by atoms with Crippen LogP contribution in [0.3, 0.4) is 0 Å². The summed E-state index contributed by atoms with van der Waals surface area (Å²) in [4.78, 5) is 13.4. The number of hydrogen-bond donors (Lipinski definition) is 2. The maximum atomic E-state index is 5.84. The second-order valence-electron chi connectivity index (χ2n) is 6.03. The van der Waals surface area contributed by atoms with Gasteiger partial charge in [0.15, 0.2) is 0 Å². The van der Waals surface area contributed by atoms with E-state index in [0.29, 0.717) is 0 Å². The molecule has 1 aliphatic heterocycles. The first-order valence-corrected chi connectivity index (χ1v) is 8.33. The SMILES string of the molecule is c1ccc(C(=NOC2CCCNC2)c2cc3ccncc3[nH]2)cc1. The van der Waals surface area contributed by atoms with Gasteiger partial charge in [-0.05, 0) is 31.5 Å². The Kier molecular flexibility index (Phi) is 4.25. The van der Waals surface area contributed by atoms with Crippen molar-refractivity contribution in [2.75, 3.05) is 13.1 Å². The number of oxime groups is 1. The molecule has 2 aromatic heterocycles. The number of nitrogens with zero attached hydrogens (tertiary/aromatic N) is 2. The van der Waals surface area contributed by atoms with Crippen LogP contribution in [0.2, 0.25) is 0 Å². The van der Waals surface area contributed by atoms with Crippen LogP contribution in [-0.4, -0.2) is 34.9 Å². The largest absolute Gasteiger partial charge is 0.391 e. The zero-order chi connectivity index (χ0) is 16.2. The van der Waals surface area contributed by atoms with Crippen molar-refractivity contribution in [2.45, 2.75) is 18.9 Å². The zero-order valence-electron chi connectivity index (χ0n) is 13.4. The summed E-state index contributed by atoms with van der Waals surface area (Å²) in [5, 5.41) is 8.97. The Labute approximate surface area is 140 Å². The summed E-state index contributed by atoms with van der Waals surface area (Å²) in [6.07, 6.45) is 5.91.